The Morgan fingerprint density at radius 3 is 2.19 bits per heavy atom. The molecule has 32 heavy (non-hydrogen) atoms. The molecule has 0 saturated carbocycles. The molecule has 0 aliphatic heterocycles. The summed E-state index contributed by atoms with van der Waals surface area (Å²) in [6.07, 6.45) is -1.07. The minimum atomic E-state index is -3.90. The molecule has 166 valence electrons. The number of amides is 1. The zero-order valence-corrected chi connectivity index (χ0v) is 18.6. The number of rotatable bonds is 8. The van der Waals surface area contributed by atoms with Crippen LogP contribution in [-0.4, -0.2) is 32.9 Å². The number of hydrogen-bond acceptors (Lipinski definition) is 5. The first-order chi connectivity index (χ1) is 15.3. The molecule has 3 aromatic carbocycles. The Bertz CT molecular complexity index is 1180. The molecule has 0 aliphatic rings. The summed E-state index contributed by atoms with van der Waals surface area (Å²) in [4.78, 5) is 24.8. The molecule has 0 unspecified atom stereocenters. The van der Waals surface area contributed by atoms with Crippen LogP contribution in [-0.2, 0) is 19.6 Å². The van der Waals surface area contributed by atoms with Crippen molar-refractivity contribution in [3.63, 3.8) is 0 Å². The summed E-state index contributed by atoms with van der Waals surface area (Å²) in [5.41, 5.74) is 1.14. The van der Waals surface area contributed by atoms with E-state index >= 15 is 0 Å². The summed E-state index contributed by atoms with van der Waals surface area (Å²) in [6.45, 7) is 3.40. The predicted molar refractivity (Wildman–Crippen MR) is 123 cm³/mol. The molecule has 0 aliphatic carbocycles. The number of benzene rings is 3. The second-order valence-corrected chi connectivity index (χ2v) is 8.80. The van der Waals surface area contributed by atoms with Crippen molar-refractivity contribution < 1.29 is 22.7 Å². The second kappa shape index (κ2) is 10.1. The van der Waals surface area contributed by atoms with E-state index in [0.29, 0.717) is 11.4 Å². The van der Waals surface area contributed by atoms with Gasteiger partial charge in [-0.3, -0.25) is 9.10 Å². The smallest absolute Gasteiger partial charge is 0.338 e. The molecule has 3 rings (SSSR count). The Morgan fingerprint density at radius 1 is 0.938 bits per heavy atom. The van der Waals surface area contributed by atoms with Crippen LogP contribution >= 0.6 is 0 Å². The molecule has 1 N–H and O–H groups in total. The Hall–Kier alpha value is -3.65. The van der Waals surface area contributed by atoms with E-state index in [0.717, 1.165) is 0 Å². The quantitative estimate of drug-likeness (QED) is 0.520. The molecule has 0 aromatic heterocycles. The van der Waals surface area contributed by atoms with Gasteiger partial charge in [0.1, 0.15) is 0 Å². The van der Waals surface area contributed by atoms with Crippen LogP contribution in [0, 0.1) is 0 Å². The largest absolute Gasteiger partial charge is 0.449 e. The fourth-order valence-corrected chi connectivity index (χ4v) is 4.56. The maximum absolute atomic E-state index is 13.2. The zero-order valence-electron chi connectivity index (χ0n) is 17.8. The molecule has 0 fully saturated rings. The molecule has 0 radical (unpaired) electrons. The van der Waals surface area contributed by atoms with E-state index < -0.39 is 28.0 Å². The van der Waals surface area contributed by atoms with Crippen molar-refractivity contribution in [2.75, 3.05) is 16.2 Å². The highest BCUT2D eigenvalue weighted by Gasteiger charge is 2.25. The van der Waals surface area contributed by atoms with E-state index in [-0.39, 0.29) is 17.0 Å². The minimum Gasteiger partial charge on any atom is -0.449 e. The van der Waals surface area contributed by atoms with Crippen molar-refractivity contribution in [1.29, 1.82) is 0 Å². The summed E-state index contributed by atoms with van der Waals surface area (Å²) in [7, 11) is -3.90. The van der Waals surface area contributed by atoms with Gasteiger partial charge in [0, 0.05) is 12.2 Å². The Kier molecular flexibility index (Phi) is 7.27. The molecule has 8 heteroatoms. The highest BCUT2D eigenvalue weighted by atomic mass is 32.2. The molecule has 7 nitrogen and oxygen atoms in total. The third-order valence-electron chi connectivity index (χ3n) is 4.68. The van der Waals surface area contributed by atoms with Crippen LogP contribution in [0.2, 0.25) is 0 Å². The number of nitrogens with zero attached hydrogens (tertiary/aromatic N) is 1. The van der Waals surface area contributed by atoms with Crippen LogP contribution in [0.1, 0.15) is 24.2 Å². The molecule has 0 bridgehead atoms. The van der Waals surface area contributed by atoms with Crippen LogP contribution in [0.4, 0.5) is 11.4 Å². The molecular formula is C24H24N2O5S. The van der Waals surface area contributed by atoms with Crippen molar-refractivity contribution in [3.05, 3.63) is 90.5 Å². The number of anilines is 2. The SMILES string of the molecule is CCN(c1ccccc1)S(=O)(=O)c1cccc(C(=O)O[C@H](C)C(=O)Nc2ccccc2)c1. The van der Waals surface area contributed by atoms with Crippen molar-refractivity contribution in [3.8, 4) is 0 Å². The van der Waals surface area contributed by atoms with Crippen molar-refractivity contribution in [1.82, 2.24) is 0 Å². The van der Waals surface area contributed by atoms with Crippen LogP contribution in [0.5, 0.6) is 0 Å². The monoisotopic (exact) mass is 452 g/mol. The van der Waals surface area contributed by atoms with Crippen LogP contribution < -0.4 is 9.62 Å². The third-order valence-corrected chi connectivity index (χ3v) is 6.58. The minimum absolute atomic E-state index is 0.0366. The highest BCUT2D eigenvalue weighted by molar-refractivity contribution is 7.92. The van der Waals surface area contributed by atoms with Gasteiger partial charge in [0.25, 0.3) is 15.9 Å². The van der Waals surface area contributed by atoms with Gasteiger partial charge in [-0.25, -0.2) is 13.2 Å². The standard InChI is InChI=1S/C24H24N2O5S/c1-3-26(21-14-8-5-9-15-21)32(29,30)22-16-10-11-19(17-22)24(28)31-18(2)23(27)25-20-12-6-4-7-13-20/h4-18H,3H2,1-2H3,(H,25,27)/t18-/m1/s1. The molecule has 1 amide bonds. The van der Waals surface area contributed by atoms with E-state index in [4.69, 9.17) is 4.74 Å². The number of esters is 1. The Balaban J connectivity index is 1.76. The van der Waals surface area contributed by atoms with Gasteiger partial charge in [-0.1, -0.05) is 42.5 Å². The summed E-state index contributed by atoms with van der Waals surface area (Å²) in [5, 5.41) is 2.66. The van der Waals surface area contributed by atoms with Crippen LogP contribution in [0.3, 0.4) is 0 Å². The number of carbonyl (C=O) groups excluding carboxylic acids is 2. The van der Waals surface area contributed by atoms with E-state index in [2.05, 4.69) is 5.32 Å². The van der Waals surface area contributed by atoms with Crippen LogP contribution in [0.15, 0.2) is 89.8 Å². The van der Waals surface area contributed by atoms with E-state index in [1.807, 2.05) is 6.07 Å². The van der Waals surface area contributed by atoms with Crippen molar-refractivity contribution in [2.24, 2.45) is 0 Å². The maximum Gasteiger partial charge on any atom is 0.338 e. The fourth-order valence-electron chi connectivity index (χ4n) is 3.04. The topological polar surface area (TPSA) is 92.8 Å². The van der Waals surface area contributed by atoms with Gasteiger partial charge >= 0.3 is 5.97 Å². The van der Waals surface area contributed by atoms with E-state index in [1.54, 1.807) is 61.5 Å². The molecule has 3 aromatic rings. The third kappa shape index (κ3) is 5.33. The van der Waals surface area contributed by atoms with Crippen molar-refractivity contribution in [2.45, 2.75) is 24.8 Å². The van der Waals surface area contributed by atoms with Crippen LogP contribution in [0.25, 0.3) is 0 Å². The molecule has 1 atom stereocenters. The Morgan fingerprint density at radius 2 is 1.56 bits per heavy atom. The van der Waals surface area contributed by atoms with Gasteiger partial charge < -0.3 is 10.1 Å². The number of sulfonamides is 1. The maximum atomic E-state index is 13.2. The normalized spacial score (nSPS) is 11.9. The average Bonchev–Trinajstić information content (AvgIpc) is 2.80. The Labute approximate surface area is 187 Å². The summed E-state index contributed by atoms with van der Waals surface area (Å²) >= 11 is 0. The molecular weight excluding hydrogens is 428 g/mol. The summed E-state index contributed by atoms with van der Waals surface area (Å²) < 4.78 is 32.9. The van der Waals surface area contributed by atoms with Crippen molar-refractivity contribution >= 4 is 33.3 Å². The van der Waals surface area contributed by atoms with E-state index in [9.17, 15) is 18.0 Å². The zero-order chi connectivity index (χ0) is 23.1. The number of carbonyl (C=O) groups is 2. The van der Waals surface area contributed by atoms with Gasteiger partial charge in [0.05, 0.1) is 16.1 Å². The number of para-hydroxylation sites is 2. The number of hydrogen-bond donors (Lipinski definition) is 1. The molecule has 0 saturated heterocycles. The number of nitrogens with one attached hydrogen (secondary N) is 1. The first-order valence-corrected chi connectivity index (χ1v) is 11.5. The van der Waals surface area contributed by atoms with Gasteiger partial charge in [-0.2, -0.15) is 0 Å². The second-order valence-electron chi connectivity index (χ2n) is 6.94. The van der Waals surface area contributed by atoms with Gasteiger partial charge in [0.2, 0.25) is 0 Å². The lowest BCUT2D eigenvalue weighted by molar-refractivity contribution is -0.123. The lowest BCUT2D eigenvalue weighted by atomic mass is 10.2. The van der Waals surface area contributed by atoms with Gasteiger partial charge in [-0.05, 0) is 56.3 Å². The lowest BCUT2D eigenvalue weighted by Crippen LogP contribution is -2.31. The first kappa shape index (κ1) is 23.0. The fraction of sp³-hybridized carbons (Fsp3) is 0.167. The predicted octanol–water partition coefficient (Wildman–Crippen LogP) is 4.09. The molecule has 0 spiro atoms. The highest BCUT2D eigenvalue weighted by Crippen LogP contribution is 2.24. The van der Waals surface area contributed by atoms with Gasteiger partial charge in [0.15, 0.2) is 6.10 Å². The first-order valence-electron chi connectivity index (χ1n) is 10.1. The van der Waals surface area contributed by atoms with Gasteiger partial charge in [-0.15, -0.1) is 0 Å². The lowest BCUT2D eigenvalue weighted by Gasteiger charge is -2.23. The molecule has 0 heterocycles. The summed E-state index contributed by atoms with van der Waals surface area (Å²) in [6, 6.07) is 23.1. The van der Waals surface area contributed by atoms with E-state index in [1.165, 1.54) is 35.5 Å². The summed E-state index contributed by atoms with van der Waals surface area (Å²) in [5.74, 6) is -1.28. The average molecular weight is 453 g/mol. The number of ether oxygens (including phenoxy) is 1.